The monoisotopic (exact) mass is 310 g/mol. The van der Waals surface area contributed by atoms with Gasteiger partial charge in [0.1, 0.15) is 0 Å². The Balaban J connectivity index is 2.00. The quantitative estimate of drug-likeness (QED) is 0.833. The number of nitrogens with one attached hydrogen (secondary N) is 1. The summed E-state index contributed by atoms with van der Waals surface area (Å²) in [4.78, 5) is 1.39. The van der Waals surface area contributed by atoms with Crippen molar-refractivity contribution in [3.63, 3.8) is 0 Å². The van der Waals surface area contributed by atoms with Gasteiger partial charge in [-0.05, 0) is 36.6 Å². The first-order valence-electron chi connectivity index (χ1n) is 5.49. The van der Waals surface area contributed by atoms with Gasteiger partial charge in [0.15, 0.2) is 0 Å². The minimum atomic E-state index is 0.372. The van der Waals surface area contributed by atoms with Gasteiger partial charge in [-0.3, -0.25) is 0 Å². The van der Waals surface area contributed by atoms with Gasteiger partial charge < -0.3 is 11.1 Å². The van der Waals surface area contributed by atoms with Crippen LogP contribution in [0.4, 0.5) is 11.4 Å². The Bertz CT molecular complexity index is 482. The maximum Gasteiger partial charge on any atom is 0.0576 e. The molecule has 0 spiro atoms. The summed E-state index contributed by atoms with van der Waals surface area (Å²) in [5.74, 6) is 0. The van der Waals surface area contributed by atoms with E-state index in [-0.39, 0.29) is 0 Å². The van der Waals surface area contributed by atoms with Crippen molar-refractivity contribution in [2.75, 3.05) is 11.1 Å². The van der Waals surface area contributed by atoms with Crippen LogP contribution >= 0.6 is 27.3 Å². The van der Waals surface area contributed by atoms with E-state index in [4.69, 9.17) is 5.73 Å². The summed E-state index contributed by atoms with van der Waals surface area (Å²) < 4.78 is 1.01. The number of halogens is 1. The summed E-state index contributed by atoms with van der Waals surface area (Å²) in [6, 6.07) is 10.5. The van der Waals surface area contributed by atoms with Crippen LogP contribution in [0.5, 0.6) is 0 Å². The number of nitrogens with two attached hydrogens (primary N) is 1. The third-order valence-electron chi connectivity index (χ3n) is 2.50. The minimum Gasteiger partial charge on any atom is -0.397 e. The zero-order valence-corrected chi connectivity index (χ0v) is 12.0. The Morgan fingerprint density at radius 1 is 1.41 bits per heavy atom. The molecule has 0 bridgehead atoms. The Labute approximate surface area is 114 Å². The molecule has 90 valence electrons. The maximum absolute atomic E-state index is 5.95. The summed E-state index contributed by atoms with van der Waals surface area (Å²) in [6.07, 6.45) is 1.02. The minimum absolute atomic E-state index is 0.372. The van der Waals surface area contributed by atoms with Crippen LogP contribution in [-0.2, 0) is 6.42 Å². The highest BCUT2D eigenvalue weighted by Crippen LogP contribution is 2.24. The lowest BCUT2D eigenvalue weighted by molar-refractivity contribution is 0.801. The molecule has 1 heterocycles. The largest absolute Gasteiger partial charge is 0.397 e. The summed E-state index contributed by atoms with van der Waals surface area (Å²) >= 11 is 5.19. The van der Waals surface area contributed by atoms with Crippen LogP contribution in [0, 0.1) is 0 Å². The van der Waals surface area contributed by atoms with Crippen LogP contribution in [0.25, 0.3) is 0 Å². The summed E-state index contributed by atoms with van der Waals surface area (Å²) in [5.41, 5.74) is 7.73. The van der Waals surface area contributed by atoms with Gasteiger partial charge >= 0.3 is 0 Å². The molecule has 0 fully saturated rings. The maximum atomic E-state index is 5.95. The van der Waals surface area contributed by atoms with E-state index in [1.54, 1.807) is 11.3 Å². The first-order chi connectivity index (χ1) is 8.15. The van der Waals surface area contributed by atoms with Gasteiger partial charge in [0, 0.05) is 21.8 Å². The molecule has 1 aromatic carbocycles. The molecule has 0 aliphatic heterocycles. The first kappa shape index (κ1) is 12.5. The van der Waals surface area contributed by atoms with Crippen LogP contribution in [-0.4, -0.2) is 6.04 Å². The number of anilines is 2. The third kappa shape index (κ3) is 3.48. The van der Waals surface area contributed by atoms with Gasteiger partial charge in [0.2, 0.25) is 0 Å². The molecular weight excluding hydrogens is 296 g/mol. The van der Waals surface area contributed by atoms with Crippen LogP contribution in [0.15, 0.2) is 40.2 Å². The molecule has 0 amide bonds. The average Bonchev–Trinajstić information content (AvgIpc) is 2.75. The molecule has 1 unspecified atom stereocenters. The highest BCUT2D eigenvalue weighted by molar-refractivity contribution is 9.10. The van der Waals surface area contributed by atoms with Gasteiger partial charge in [-0.2, -0.15) is 0 Å². The highest BCUT2D eigenvalue weighted by atomic mass is 79.9. The second-order valence-electron chi connectivity index (χ2n) is 4.06. The van der Waals surface area contributed by atoms with Crippen molar-refractivity contribution >= 4 is 38.6 Å². The van der Waals surface area contributed by atoms with Crippen molar-refractivity contribution in [3.8, 4) is 0 Å². The molecule has 2 nitrogen and oxygen atoms in total. The summed E-state index contributed by atoms with van der Waals surface area (Å²) in [5, 5.41) is 5.54. The van der Waals surface area contributed by atoms with Crippen molar-refractivity contribution in [3.05, 3.63) is 45.1 Å². The van der Waals surface area contributed by atoms with Crippen molar-refractivity contribution in [2.24, 2.45) is 0 Å². The summed E-state index contributed by atoms with van der Waals surface area (Å²) in [7, 11) is 0. The van der Waals surface area contributed by atoms with Gasteiger partial charge in [-0.15, -0.1) is 11.3 Å². The Morgan fingerprint density at radius 2 is 2.24 bits per heavy atom. The number of nitrogen functional groups attached to an aromatic ring is 1. The molecular formula is C13H15BrN2S. The third-order valence-corrected chi connectivity index (χ3v) is 3.89. The predicted molar refractivity (Wildman–Crippen MR) is 79.7 cm³/mol. The van der Waals surface area contributed by atoms with Crippen LogP contribution < -0.4 is 11.1 Å². The number of hydrogen-bond acceptors (Lipinski definition) is 3. The van der Waals surface area contributed by atoms with Crippen LogP contribution in [0.1, 0.15) is 11.8 Å². The number of thiophene rings is 1. The number of hydrogen-bond donors (Lipinski definition) is 2. The Morgan fingerprint density at radius 3 is 2.88 bits per heavy atom. The molecule has 0 aliphatic rings. The zero-order chi connectivity index (χ0) is 12.3. The average molecular weight is 311 g/mol. The SMILES string of the molecule is CC(Cc1cccs1)Nc1ccc(Br)cc1N. The van der Waals surface area contributed by atoms with E-state index in [0.717, 1.165) is 22.3 Å². The molecule has 2 rings (SSSR count). The molecule has 0 aliphatic carbocycles. The van der Waals surface area contributed by atoms with Gasteiger partial charge in [-0.25, -0.2) is 0 Å². The van der Waals surface area contributed by atoms with E-state index in [0.29, 0.717) is 6.04 Å². The molecule has 0 saturated heterocycles. The molecule has 2 aromatic rings. The Hall–Kier alpha value is -1.00. The van der Waals surface area contributed by atoms with Crippen LogP contribution in [0.3, 0.4) is 0 Å². The fourth-order valence-corrected chi connectivity index (χ4v) is 2.93. The summed E-state index contributed by atoms with van der Waals surface area (Å²) in [6.45, 7) is 2.17. The van der Waals surface area contributed by atoms with E-state index < -0.39 is 0 Å². The predicted octanol–water partition coefficient (Wildman–Crippen LogP) is 4.14. The van der Waals surface area contributed by atoms with E-state index in [2.05, 4.69) is 45.7 Å². The lowest BCUT2D eigenvalue weighted by atomic mass is 10.2. The van der Waals surface area contributed by atoms with Gasteiger partial charge in [0.25, 0.3) is 0 Å². The lowest BCUT2D eigenvalue weighted by Crippen LogP contribution is -2.18. The van der Waals surface area contributed by atoms with Crippen molar-refractivity contribution in [1.29, 1.82) is 0 Å². The second-order valence-corrected chi connectivity index (χ2v) is 6.01. The fourth-order valence-electron chi connectivity index (χ4n) is 1.71. The standard InChI is InChI=1S/C13H15BrN2S/c1-9(7-11-3-2-6-17-11)16-13-5-4-10(14)8-12(13)15/h2-6,8-9,16H,7,15H2,1H3. The molecule has 1 aromatic heterocycles. The van der Waals surface area contributed by atoms with E-state index >= 15 is 0 Å². The molecule has 0 radical (unpaired) electrons. The van der Waals surface area contributed by atoms with Gasteiger partial charge in [-0.1, -0.05) is 22.0 Å². The topological polar surface area (TPSA) is 38.0 Å². The van der Waals surface area contributed by atoms with Crippen molar-refractivity contribution in [1.82, 2.24) is 0 Å². The zero-order valence-electron chi connectivity index (χ0n) is 9.61. The van der Waals surface area contributed by atoms with Crippen molar-refractivity contribution < 1.29 is 0 Å². The molecule has 17 heavy (non-hydrogen) atoms. The number of rotatable bonds is 4. The van der Waals surface area contributed by atoms with Crippen LogP contribution in [0.2, 0.25) is 0 Å². The fraction of sp³-hybridized carbons (Fsp3) is 0.231. The van der Waals surface area contributed by atoms with Crippen molar-refractivity contribution in [2.45, 2.75) is 19.4 Å². The molecule has 1 atom stereocenters. The van der Waals surface area contributed by atoms with E-state index in [9.17, 15) is 0 Å². The smallest absolute Gasteiger partial charge is 0.0576 e. The van der Waals surface area contributed by atoms with Gasteiger partial charge in [0.05, 0.1) is 11.4 Å². The highest BCUT2D eigenvalue weighted by Gasteiger charge is 2.06. The lowest BCUT2D eigenvalue weighted by Gasteiger charge is -2.16. The molecule has 3 N–H and O–H groups in total. The molecule has 0 saturated carbocycles. The normalized spacial score (nSPS) is 12.4. The first-order valence-corrected chi connectivity index (χ1v) is 7.16. The molecule has 4 heteroatoms. The number of benzene rings is 1. The Kier molecular flexibility index (Phi) is 4.07. The van der Waals surface area contributed by atoms with E-state index in [1.807, 2.05) is 18.2 Å². The second kappa shape index (κ2) is 5.56. The van der Waals surface area contributed by atoms with E-state index in [1.165, 1.54) is 4.88 Å².